The summed E-state index contributed by atoms with van der Waals surface area (Å²) in [6.45, 7) is 1.46. The fourth-order valence-corrected chi connectivity index (χ4v) is 3.06. The Labute approximate surface area is 150 Å². The molecule has 0 spiro atoms. The minimum Gasteiger partial charge on any atom is -0.350 e. The van der Waals surface area contributed by atoms with Crippen molar-refractivity contribution in [3.05, 3.63) is 48.0 Å². The summed E-state index contributed by atoms with van der Waals surface area (Å²) in [5.41, 5.74) is 1.27. The molecule has 2 aromatic heterocycles. The summed E-state index contributed by atoms with van der Waals surface area (Å²) < 4.78 is 1.58. The molecule has 1 aliphatic carbocycles. The van der Waals surface area contributed by atoms with Crippen LogP contribution in [0.4, 0.5) is 5.69 Å². The van der Waals surface area contributed by atoms with Crippen LogP contribution in [0.2, 0.25) is 5.15 Å². The van der Waals surface area contributed by atoms with Crippen LogP contribution < -0.4 is 10.2 Å². The molecule has 0 aromatic carbocycles. The van der Waals surface area contributed by atoms with E-state index in [2.05, 4.69) is 15.4 Å². The van der Waals surface area contributed by atoms with Gasteiger partial charge in [-0.05, 0) is 18.6 Å². The highest BCUT2D eigenvalue weighted by atomic mass is 35.5. The Morgan fingerprint density at radius 2 is 2.20 bits per heavy atom. The van der Waals surface area contributed by atoms with Crippen molar-refractivity contribution in [2.45, 2.75) is 19.4 Å². The molecule has 0 fully saturated rings. The van der Waals surface area contributed by atoms with E-state index in [-0.39, 0.29) is 28.9 Å². The zero-order valence-electron chi connectivity index (χ0n) is 13.9. The van der Waals surface area contributed by atoms with E-state index in [1.54, 1.807) is 36.4 Å². The molecule has 130 valence electrons. The second-order valence-electron chi connectivity index (χ2n) is 5.89. The van der Waals surface area contributed by atoms with Crippen molar-refractivity contribution in [3.8, 4) is 5.69 Å². The first-order valence-electron chi connectivity index (χ1n) is 7.84. The number of aromatic nitrogens is 3. The van der Waals surface area contributed by atoms with Crippen molar-refractivity contribution in [3.63, 3.8) is 0 Å². The van der Waals surface area contributed by atoms with Gasteiger partial charge in [-0.2, -0.15) is 5.10 Å². The van der Waals surface area contributed by atoms with Crippen LogP contribution in [0, 0.1) is 5.92 Å². The zero-order valence-corrected chi connectivity index (χ0v) is 14.6. The van der Waals surface area contributed by atoms with Gasteiger partial charge in [-0.1, -0.05) is 23.8 Å². The Balaban J connectivity index is 1.74. The topological polar surface area (TPSA) is 80.1 Å². The third-order valence-electron chi connectivity index (χ3n) is 4.04. The Kier molecular flexibility index (Phi) is 4.85. The van der Waals surface area contributed by atoms with E-state index in [4.69, 9.17) is 11.6 Å². The summed E-state index contributed by atoms with van der Waals surface area (Å²) in [7, 11) is 1.67. The van der Waals surface area contributed by atoms with Crippen LogP contribution in [0.15, 0.2) is 42.9 Å². The summed E-state index contributed by atoms with van der Waals surface area (Å²) in [6.07, 6.45) is 9.23. The highest BCUT2D eigenvalue weighted by Gasteiger charge is 2.29. The predicted molar refractivity (Wildman–Crippen MR) is 94.6 cm³/mol. The molecule has 1 N–H and O–H groups in total. The summed E-state index contributed by atoms with van der Waals surface area (Å²) in [6, 6.07) is 3.53. The number of nitrogens with one attached hydrogen (secondary N) is 1. The fraction of sp³-hybridized carbons (Fsp3) is 0.294. The molecule has 0 radical (unpaired) electrons. The molecule has 0 aliphatic heterocycles. The first kappa shape index (κ1) is 17.2. The molecule has 0 bridgehead atoms. The average Bonchev–Trinajstić information content (AvgIpc) is 3.20. The number of carbonyl (C=O) groups excluding carboxylic acids is 2. The number of halogens is 1. The number of nitrogens with zero attached hydrogens (tertiary/aromatic N) is 4. The quantitative estimate of drug-likeness (QED) is 0.846. The van der Waals surface area contributed by atoms with Crippen molar-refractivity contribution in [1.29, 1.82) is 0 Å². The number of carbonyl (C=O) groups is 2. The Morgan fingerprint density at radius 1 is 1.40 bits per heavy atom. The van der Waals surface area contributed by atoms with Crippen LogP contribution in [0.5, 0.6) is 0 Å². The predicted octanol–water partition coefficient (Wildman–Crippen LogP) is 1.96. The van der Waals surface area contributed by atoms with Gasteiger partial charge in [0.25, 0.3) is 0 Å². The monoisotopic (exact) mass is 359 g/mol. The van der Waals surface area contributed by atoms with E-state index >= 15 is 0 Å². The largest absolute Gasteiger partial charge is 0.350 e. The second-order valence-corrected chi connectivity index (χ2v) is 6.25. The number of amides is 2. The summed E-state index contributed by atoms with van der Waals surface area (Å²) >= 11 is 6.22. The van der Waals surface area contributed by atoms with Crippen LogP contribution in [0.3, 0.4) is 0 Å². The number of pyridine rings is 1. The van der Waals surface area contributed by atoms with E-state index in [9.17, 15) is 9.59 Å². The molecule has 25 heavy (non-hydrogen) atoms. The van der Waals surface area contributed by atoms with Crippen LogP contribution in [0.25, 0.3) is 5.69 Å². The number of hydrogen-bond acceptors (Lipinski definition) is 4. The van der Waals surface area contributed by atoms with Gasteiger partial charge in [0.05, 0.1) is 24.0 Å². The molecule has 3 rings (SSSR count). The molecule has 8 heteroatoms. The van der Waals surface area contributed by atoms with Crippen molar-refractivity contribution in [1.82, 2.24) is 20.1 Å². The maximum Gasteiger partial charge on any atom is 0.233 e. The Hall–Kier alpha value is -2.67. The molecule has 2 atom stereocenters. The lowest BCUT2D eigenvalue weighted by atomic mass is 10.1. The molecular weight excluding hydrogens is 342 g/mol. The smallest absolute Gasteiger partial charge is 0.233 e. The molecule has 2 unspecified atom stereocenters. The van der Waals surface area contributed by atoms with E-state index in [1.807, 2.05) is 18.2 Å². The van der Waals surface area contributed by atoms with E-state index < -0.39 is 0 Å². The molecule has 7 nitrogen and oxygen atoms in total. The van der Waals surface area contributed by atoms with Gasteiger partial charge in [0.1, 0.15) is 5.69 Å². The first-order chi connectivity index (χ1) is 12.0. The number of anilines is 1. The van der Waals surface area contributed by atoms with Crippen LogP contribution >= 0.6 is 11.6 Å². The van der Waals surface area contributed by atoms with Gasteiger partial charge in [-0.3, -0.25) is 14.6 Å². The minimum absolute atomic E-state index is 0.100. The van der Waals surface area contributed by atoms with E-state index in [0.717, 1.165) is 5.69 Å². The standard InChI is InChI=1S/C17H18ClN5O2/c1-11(24)20-13-6-5-12(8-13)17(25)22(2)15-10-23(21-16(15)18)14-4-3-7-19-9-14/h3-7,9-10,12-13H,8H2,1-2H3,(H,20,24). The summed E-state index contributed by atoms with van der Waals surface area (Å²) in [5.74, 6) is -0.520. The highest BCUT2D eigenvalue weighted by molar-refractivity contribution is 6.32. The van der Waals surface area contributed by atoms with Gasteiger partial charge in [-0.25, -0.2) is 4.68 Å². The maximum absolute atomic E-state index is 12.7. The molecule has 1 aliphatic rings. The molecule has 0 saturated heterocycles. The van der Waals surface area contributed by atoms with Gasteiger partial charge in [-0.15, -0.1) is 0 Å². The SMILES string of the molecule is CC(=O)NC1C=CC(C(=O)N(C)c2cn(-c3cccnc3)nc2Cl)C1. The first-order valence-corrected chi connectivity index (χ1v) is 8.22. The fourth-order valence-electron chi connectivity index (χ4n) is 2.81. The van der Waals surface area contributed by atoms with Crippen molar-refractivity contribution in [2.24, 2.45) is 5.92 Å². The molecule has 2 heterocycles. The van der Waals surface area contributed by atoms with Gasteiger partial charge in [0.15, 0.2) is 5.15 Å². The average molecular weight is 360 g/mol. The second kappa shape index (κ2) is 7.06. The normalized spacial score (nSPS) is 19.0. The van der Waals surface area contributed by atoms with Crippen molar-refractivity contribution < 1.29 is 9.59 Å². The third kappa shape index (κ3) is 3.71. The van der Waals surface area contributed by atoms with Crippen LogP contribution in [-0.4, -0.2) is 39.7 Å². The summed E-state index contributed by atoms with van der Waals surface area (Å²) in [5, 5.41) is 7.27. The molecule has 2 aromatic rings. The van der Waals surface area contributed by atoms with Gasteiger partial charge < -0.3 is 10.2 Å². The third-order valence-corrected chi connectivity index (χ3v) is 4.31. The summed E-state index contributed by atoms with van der Waals surface area (Å²) in [4.78, 5) is 29.4. The maximum atomic E-state index is 12.7. The van der Waals surface area contributed by atoms with Crippen LogP contribution in [-0.2, 0) is 9.59 Å². The lowest BCUT2D eigenvalue weighted by molar-refractivity contribution is -0.122. The van der Waals surface area contributed by atoms with Gasteiger partial charge in [0, 0.05) is 26.2 Å². The van der Waals surface area contributed by atoms with Crippen molar-refractivity contribution >= 4 is 29.1 Å². The van der Waals surface area contributed by atoms with Gasteiger partial charge >= 0.3 is 0 Å². The molecular formula is C17H18ClN5O2. The number of hydrogen-bond donors (Lipinski definition) is 1. The van der Waals surface area contributed by atoms with Crippen LogP contribution in [0.1, 0.15) is 13.3 Å². The van der Waals surface area contributed by atoms with E-state index in [1.165, 1.54) is 11.8 Å². The lowest BCUT2D eigenvalue weighted by Crippen LogP contribution is -2.35. The Bertz CT molecular complexity index is 818. The number of rotatable bonds is 4. The molecule has 0 saturated carbocycles. The zero-order chi connectivity index (χ0) is 18.0. The molecule has 2 amide bonds. The minimum atomic E-state index is -0.306. The van der Waals surface area contributed by atoms with E-state index in [0.29, 0.717) is 12.1 Å². The Morgan fingerprint density at radius 3 is 2.88 bits per heavy atom. The lowest BCUT2D eigenvalue weighted by Gasteiger charge is -2.20. The highest BCUT2D eigenvalue weighted by Crippen LogP contribution is 2.28. The van der Waals surface area contributed by atoms with Gasteiger partial charge in [0.2, 0.25) is 11.8 Å². The van der Waals surface area contributed by atoms with Crippen molar-refractivity contribution in [2.75, 3.05) is 11.9 Å².